The van der Waals surface area contributed by atoms with Crippen LogP contribution < -0.4 is 4.90 Å². The normalized spacial score (nSPS) is 10.5. The number of aromatic nitrogens is 2. The van der Waals surface area contributed by atoms with Crippen LogP contribution in [0.5, 0.6) is 0 Å². The van der Waals surface area contributed by atoms with Gasteiger partial charge in [0.15, 0.2) is 5.78 Å². The largest absolute Gasteiger partial charge is 0.370 e. The van der Waals surface area contributed by atoms with E-state index < -0.39 is 5.82 Å². The second kappa shape index (κ2) is 5.22. The number of halogens is 1. The Morgan fingerprint density at radius 2 is 2.21 bits per heavy atom. The zero-order valence-electron chi connectivity index (χ0n) is 11.2. The van der Waals surface area contributed by atoms with Crippen LogP contribution in [-0.4, -0.2) is 22.6 Å². The molecule has 4 nitrogen and oxygen atoms in total. The predicted octanol–water partition coefficient (Wildman–Crippen LogP) is 2.40. The quantitative estimate of drug-likeness (QED) is 0.793. The van der Waals surface area contributed by atoms with Gasteiger partial charge >= 0.3 is 0 Å². The van der Waals surface area contributed by atoms with E-state index in [2.05, 4.69) is 5.10 Å². The van der Waals surface area contributed by atoms with Crippen molar-refractivity contribution in [3.63, 3.8) is 0 Å². The molecule has 2 aromatic rings. The fourth-order valence-electron chi connectivity index (χ4n) is 2.04. The van der Waals surface area contributed by atoms with E-state index >= 15 is 0 Å². The second-order valence-electron chi connectivity index (χ2n) is 4.60. The Labute approximate surface area is 111 Å². The number of anilines is 1. The van der Waals surface area contributed by atoms with Gasteiger partial charge in [0, 0.05) is 43.7 Å². The van der Waals surface area contributed by atoms with Crippen LogP contribution in [0.3, 0.4) is 0 Å². The maximum atomic E-state index is 13.2. The minimum absolute atomic E-state index is 0.146. The van der Waals surface area contributed by atoms with Gasteiger partial charge < -0.3 is 4.90 Å². The van der Waals surface area contributed by atoms with Crippen LogP contribution in [-0.2, 0) is 13.6 Å². The summed E-state index contributed by atoms with van der Waals surface area (Å²) in [6, 6.07) is 4.27. The molecule has 0 saturated carbocycles. The first-order chi connectivity index (χ1) is 8.97. The number of hydrogen-bond donors (Lipinski definition) is 0. The van der Waals surface area contributed by atoms with Gasteiger partial charge in [-0.25, -0.2) is 4.39 Å². The Hall–Kier alpha value is -2.17. The summed E-state index contributed by atoms with van der Waals surface area (Å²) in [5, 5.41) is 4.10. The highest BCUT2D eigenvalue weighted by molar-refractivity contribution is 5.99. The van der Waals surface area contributed by atoms with Crippen molar-refractivity contribution in [3.8, 4) is 0 Å². The maximum Gasteiger partial charge on any atom is 0.161 e. The van der Waals surface area contributed by atoms with Crippen molar-refractivity contribution >= 4 is 11.5 Å². The van der Waals surface area contributed by atoms with Crippen LogP contribution in [0.2, 0.25) is 0 Å². The molecule has 0 saturated heterocycles. The monoisotopic (exact) mass is 261 g/mol. The van der Waals surface area contributed by atoms with Gasteiger partial charge in [-0.15, -0.1) is 0 Å². The van der Waals surface area contributed by atoms with Crippen LogP contribution in [0.15, 0.2) is 30.6 Å². The number of hydrogen-bond acceptors (Lipinski definition) is 3. The molecule has 0 fully saturated rings. The third kappa shape index (κ3) is 2.99. The Balaban J connectivity index is 2.28. The summed E-state index contributed by atoms with van der Waals surface area (Å²) < 4.78 is 14.9. The molecule has 0 bridgehead atoms. The number of aryl methyl sites for hydroxylation is 1. The van der Waals surface area contributed by atoms with E-state index in [4.69, 9.17) is 0 Å². The summed E-state index contributed by atoms with van der Waals surface area (Å²) in [6.07, 6.45) is 3.68. The Morgan fingerprint density at radius 3 is 2.79 bits per heavy atom. The van der Waals surface area contributed by atoms with Gasteiger partial charge in [-0.05, 0) is 25.1 Å². The first-order valence-electron chi connectivity index (χ1n) is 5.96. The van der Waals surface area contributed by atoms with Crippen molar-refractivity contribution in [3.05, 3.63) is 47.5 Å². The van der Waals surface area contributed by atoms with Crippen LogP contribution in [0, 0.1) is 5.82 Å². The summed E-state index contributed by atoms with van der Waals surface area (Å²) in [5.41, 5.74) is 2.15. The van der Waals surface area contributed by atoms with Crippen LogP contribution in [0.1, 0.15) is 22.8 Å². The number of carbonyl (C=O) groups excluding carboxylic acids is 1. The van der Waals surface area contributed by atoms with Gasteiger partial charge in [0.1, 0.15) is 5.82 Å². The molecule has 0 atom stereocenters. The molecular formula is C14H16FN3O. The van der Waals surface area contributed by atoms with E-state index in [0.717, 1.165) is 11.3 Å². The highest BCUT2D eigenvalue weighted by Gasteiger charge is 2.13. The summed E-state index contributed by atoms with van der Waals surface area (Å²) in [7, 11) is 3.72. The first-order valence-corrected chi connectivity index (χ1v) is 5.96. The van der Waals surface area contributed by atoms with Crippen molar-refractivity contribution < 1.29 is 9.18 Å². The molecule has 19 heavy (non-hydrogen) atoms. The van der Waals surface area contributed by atoms with Gasteiger partial charge in [0.05, 0.1) is 6.20 Å². The minimum atomic E-state index is -0.399. The lowest BCUT2D eigenvalue weighted by molar-refractivity contribution is 0.101. The van der Waals surface area contributed by atoms with E-state index in [1.807, 2.05) is 25.2 Å². The number of carbonyl (C=O) groups is 1. The molecule has 2 rings (SSSR count). The Kier molecular flexibility index (Phi) is 3.64. The highest BCUT2D eigenvalue weighted by atomic mass is 19.1. The lowest BCUT2D eigenvalue weighted by atomic mass is 10.1. The summed E-state index contributed by atoms with van der Waals surface area (Å²) in [6.45, 7) is 2.05. The number of benzene rings is 1. The SMILES string of the molecule is CC(=O)c1cc(F)ccc1N(C)Cc1cnn(C)c1. The minimum Gasteiger partial charge on any atom is -0.370 e. The molecule has 1 aromatic carbocycles. The zero-order chi connectivity index (χ0) is 14.0. The third-order valence-corrected chi connectivity index (χ3v) is 2.93. The van der Waals surface area contributed by atoms with Gasteiger partial charge in [0.25, 0.3) is 0 Å². The number of nitrogens with zero attached hydrogens (tertiary/aromatic N) is 3. The molecule has 0 aliphatic rings. The maximum absolute atomic E-state index is 13.2. The lowest BCUT2D eigenvalue weighted by Gasteiger charge is -2.21. The number of rotatable bonds is 4. The first kappa shape index (κ1) is 13.3. The van der Waals surface area contributed by atoms with Gasteiger partial charge in [-0.1, -0.05) is 0 Å². The van der Waals surface area contributed by atoms with Gasteiger partial charge in [-0.3, -0.25) is 9.48 Å². The van der Waals surface area contributed by atoms with Crippen molar-refractivity contribution in [1.29, 1.82) is 0 Å². The van der Waals surface area contributed by atoms with Crippen molar-refractivity contribution in [2.45, 2.75) is 13.5 Å². The van der Waals surface area contributed by atoms with E-state index in [-0.39, 0.29) is 5.78 Å². The third-order valence-electron chi connectivity index (χ3n) is 2.93. The number of ketones is 1. The standard InChI is InChI=1S/C14H16FN3O/c1-10(19)13-6-12(15)4-5-14(13)17(2)8-11-7-16-18(3)9-11/h4-7,9H,8H2,1-3H3. The Morgan fingerprint density at radius 1 is 1.47 bits per heavy atom. The van der Waals surface area contributed by atoms with E-state index in [1.54, 1.807) is 16.9 Å². The lowest BCUT2D eigenvalue weighted by Crippen LogP contribution is -2.18. The molecule has 1 aromatic heterocycles. The highest BCUT2D eigenvalue weighted by Crippen LogP contribution is 2.22. The van der Waals surface area contributed by atoms with Crippen LogP contribution >= 0.6 is 0 Å². The zero-order valence-corrected chi connectivity index (χ0v) is 11.2. The molecule has 0 radical (unpaired) electrons. The summed E-state index contributed by atoms with van der Waals surface area (Å²) in [4.78, 5) is 13.5. The summed E-state index contributed by atoms with van der Waals surface area (Å²) >= 11 is 0. The molecular weight excluding hydrogens is 245 g/mol. The fourth-order valence-corrected chi connectivity index (χ4v) is 2.04. The van der Waals surface area contributed by atoms with E-state index in [1.165, 1.54) is 19.1 Å². The van der Waals surface area contributed by atoms with Gasteiger partial charge in [0.2, 0.25) is 0 Å². The number of Topliss-reactive ketones (excluding diaryl/α,β-unsaturated/α-hetero) is 1. The summed E-state index contributed by atoms with van der Waals surface area (Å²) in [5.74, 6) is -0.545. The molecule has 0 spiro atoms. The van der Waals surface area contributed by atoms with Crippen molar-refractivity contribution in [2.24, 2.45) is 7.05 Å². The Bertz CT molecular complexity index is 606. The predicted molar refractivity (Wildman–Crippen MR) is 71.7 cm³/mol. The average molecular weight is 261 g/mol. The molecule has 0 aliphatic heterocycles. The molecule has 5 heteroatoms. The van der Waals surface area contributed by atoms with E-state index in [9.17, 15) is 9.18 Å². The molecule has 100 valence electrons. The topological polar surface area (TPSA) is 38.1 Å². The van der Waals surface area contributed by atoms with Crippen molar-refractivity contribution in [1.82, 2.24) is 9.78 Å². The molecule has 0 N–H and O–H groups in total. The molecule has 0 amide bonds. The molecule has 0 unspecified atom stereocenters. The van der Waals surface area contributed by atoms with Crippen LogP contribution in [0.25, 0.3) is 0 Å². The van der Waals surface area contributed by atoms with Crippen LogP contribution in [0.4, 0.5) is 10.1 Å². The molecule has 0 aliphatic carbocycles. The van der Waals surface area contributed by atoms with Gasteiger partial charge in [-0.2, -0.15) is 5.10 Å². The van der Waals surface area contributed by atoms with Crippen molar-refractivity contribution in [2.75, 3.05) is 11.9 Å². The fraction of sp³-hybridized carbons (Fsp3) is 0.286. The smallest absolute Gasteiger partial charge is 0.161 e. The average Bonchev–Trinajstić information content (AvgIpc) is 2.74. The second-order valence-corrected chi connectivity index (χ2v) is 4.60. The van der Waals surface area contributed by atoms with E-state index in [0.29, 0.717) is 12.1 Å². The molecule has 1 heterocycles.